The van der Waals surface area contributed by atoms with Crippen molar-refractivity contribution < 1.29 is 23.4 Å². The zero-order chi connectivity index (χ0) is 18.6. The van der Waals surface area contributed by atoms with Crippen molar-refractivity contribution in [1.82, 2.24) is 24.2 Å². The van der Waals surface area contributed by atoms with Crippen molar-refractivity contribution in [1.29, 1.82) is 0 Å². The van der Waals surface area contributed by atoms with E-state index in [-0.39, 0.29) is 23.7 Å². The predicted molar refractivity (Wildman–Crippen MR) is 88.4 cm³/mol. The van der Waals surface area contributed by atoms with Gasteiger partial charge in [0.2, 0.25) is 16.0 Å². The second-order valence-corrected chi connectivity index (χ2v) is 8.46. The number of hydrogen-bond acceptors (Lipinski definition) is 9. The van der Waals surface area contributed by atoms with E-state index >= 15 is 0 Å². The number of fused-ring (bicyclic) bond motifs is 1. The summed E-state index contributed by atoms with van der Waals surface area (Å²) in [4.78, 5) is 22.0. The number of aromatic nitrogens is 4. The molecule has 2 aromatic heterocycles. The maximum Gasteiger partial charge on any atom is 0.280 e. The number of aliphatic hydroxyl groups is 2. The van der Waals surface area contributed by atoms with Crippen LogP contribution in [0.15, 0.2) is 11.1 Å². The van der Waals surface area contributed by atoms with Gasteiger partial charge in [-0.3, -0.25) is 14.3 Å². The maximum absolute atomic E-state index is 11.9. The topological polar surface area (TPSA) is 185 Å². The van der Waals surface area contributed by atoms with Gasteiger partial charge < -0.3 is 20.7 Å². The molecule has 0 spiro atoms. The van der Waals surface area contributed by atoms with Crippen LogP contribution in [0, 0.1) is 0 Å². The minimum atomic E-state index is -3.45. The molecule has 0 unspecified atom stereocenters. The number of ether oxygens (including phenoxy) is 1. The number of nitrogens with one attached hydrogen (secondary N) is 2. The van der Waals surface area contributed by atoms with E-state index in [4.69, 9.17) is 10.5 Å². The van der Waals surface area contributed by atoms with E-state index < -0.39 is 45.4 Å². The second-order valence-electron chi connectivity index (χ2n) is 6.41. The Morgan fingerprint density at radius 3 is 2.81 bits per heavy atom. The average molecular weight is 386 g/mol. The average Bonchev–Trinajstić information content (AvgIpc) is 3.31. The number of anilines is 1. The van der Waals surface area contributed by atoms with Crippen molar-refractivity contribution in [2.45, 2.75) is 42.6 Å². The van der Waals surface area contributed by atoms with Gasteiger partial charge in [-0.15, -0.1) is 0 Å². The van der Waals surface area contributed by atoms with Crippen LogP contribution in [0.3, 0.4) is 0 Å². The van der Waals surface area contributed by atoms with E-state index in [2.05, 4.69) is 19.7 Å². The molecule has 3 heterocycles. The van der Waals surface area contributed by atoms with Crippen molar-refractivity contribution in [3.63, 3.8) is 0 Å². The van der Waals surface area contributed by atoms with Crippen LogP contribution in [0.5, 0.6) is 0 Å². The third-order valence-corrected chi connectivity index (χ3v) is 6.43. The summed E-state index contributed by atoms with van der Waals surface area (Å²) in [5.74, 6) is -0.133. The molecule has 13 heteroatoms. The first-order chi connectivity index (χ1) is 12.3. The fourth-order valence-corrected chi connectivity index (χ4v) is 4.34. The first-order valence-electron chi connectivity index (χ1n) is 8.00. The molecular formula is C13H18N6O6S. The number of nitrogens with zero attached hydrogens (tertiary/aromatic N) is 3. The molecule has 6 N–H and O–H groups in total. The van der Waals surface area contributed by atoms with Gasteiger partial charge in [-0.2, -0.15) is 4.98 Å². The number of aromatic amines is 1. The highest BCUT2D eigenvalue weighted by Crippen LogP contribution is 2.32. The van der Waals surface area contributed by atoms with E-state index in [9.17, 15) is 23.4 Å². The lowest BCUT2D eigenvalue weighted by atomic mass is 10.1. The van der Waals surface area contributed by atoms with Crippen LogP contribution in [0.4, 0.5) is 5.95 Å². The smallest absolute Gasteiger partial charge is 0.280 e. The molecule has 2 fully saturated rings. The van der Waals surface area contributed by atoms with Gasteiger partial charge in [0, 0.05) is 6.54 Å². The van der Waals surface area contributed by atoms with Gasteiger partial charge >= 0.3 is 0 Å². The Bertz CT molecular complexity index is 998. The first-order valence-corrected chi connectivity index (χ1v) is 9.55. The van der Waals surface area contributed by atoms with Gasteiger partial charge in [-0.25, -0.2) is 18.1 Å². The molecule has 4 rings (SSSR count). The molecule has 1 aliphatic heterocycles. The van der Waals surface area contributed by atoms with Crippen molar-refractivity contribution >= 4 is 27.1 Å². The molecule has 0 radical (unpaired) electrons. The molecule has 0 amide bonds. The van der Waals surface area contributed by atoms with Gasteiger partial charge in [0.25, 0.3) is 5.56 Å². The number of nitrogen functional groups attached to an aromatic ring is 1. The van der Waals surface area contributed by atoms with Crippen LogP contribution in [0.1, 0.15) is 19.1 Å². The van der Waals surface area contributed by atoms with E-state index in [1.165, 1.54) is 10.9 Å². The van der Waals surface area contributed by atoms with Crippen molar-refractivity contribution in [3.8, 4) is 0 Å². The summed E-state index contributed by atoms with van der Waals surface area (Å²) >= 11 is 0. The Labute approximate surface area is 147 Å². The van der Waals surface area contributed by atoms with Gasteiger partial charge in [-0.1, -0.05) is 0 Å². The highest BCUT2D eigenvalue weighted by molar-refractivity contribution is 7.90. The summed E-state index contributed by atoms with van der Waals surface area (Å²) in [5.41, 5.74) is 5.07. The van der Waals surface area contributed by atoms with Crippen LogP contribution >= 0.6 is 0 Å². The minimum Gasteiger partial charge on any atom is -0.387 e. The molecule has 26 heavy (non-hydrogen) atoms. The summed E-state index contributed by atoms with van der Waals surface area (Å²) in [6.45, 7) is -0.184. The standard InChI is InChI=1S/C13H18N6O6S/c14-13-17-10-7(11(22)18-13)15-4-19(10)12-9(21)8(20)6(25-12)3-16-26(23,24)5-1-2-5/h4-6,8-9,12,16,20-21H,1-3H2,(H3,14,17,18,22)/t6-,8-,9-,12-/m1/s1. The SMILES string of the molecule is Nc1nc2c(ncn2[C@@H]2O[C@H](CNS(=O)(=O)C3CC3)[C@@H](O)[C@H]2O)c(=O)[nH]1. The molecule has 4 atom stereocenters. The van der Waals surface area contributed by atoms with Gasteiger partial charge in [0.1, 0.15) is 18.3 Å². The lowest BCUT2D eigenvalue weighted by molar-refractivity contribution is -0.0330. The van der Waals surface area contributed by atoms with E-state index in [1.54, 1.807) is 0 Å². The zero-order valence-corrected chi connectivity index (χ0v) is 14.3. The van der Waals surface area contributed by atoms with Crippen LogP contribution in [0.2, 0.25) is 0 Å². The number of nitrogens with two attached hydrogens (primary N) is 1. The molecule has 1 aliphatic carbocycles. The van der Waals surface area contributed by atoms with Crippen LogP contribution in [-0.2, 0) is 14.8 Å². The number of imidazole rings is 1. The number of hydrogen-bond donors (Lipinski definition) is 5. The maximum atomic E-state index is 11.9. The lowest BCUT2D eigenvalue weighted by Gasteiger charge is -2.16. The van der Waals surface area contributed by atoms with E-state index in [0.29, 0.717) is 12.8 Å². The monoisotopic (exact) mass is 386 g/mol. The molecule has 142 valence electrons. The highest BCUT2D eigenvalue weighted by atomic mass is 32.2. The quantitative estimate of drug-likeness (QED) is 0.367. The minimum absolute atomic E-state index is 0.00220. The molecule has 2 aromatic rings. The van der Waals surface area contributed by atoms with Crippen LogP contribution in [-0.4, -0.2) is 68.3 Å². The molecule has 12 nitrogen and oxygen atoms in total. The normalized spacial score (nSPS) is 29.5. The number of H-pyrrole nitrogens is 1. The third-order valence-electron chi connectivity index (χ3n) is 4.51. The molecule has 0 aromatic carbocycles. The summed E-state index contributed by atoms with van der Waals surface area (Å²) in [6.07, 6.45) is -2.32. The largest absolute Gasteiger partial charge is 0.387 e. The van der Waals surface area contributed by atoms with Crippen LogP contribution in [0.25, 0.3) is 11.2 Å². The first kappa shape index (κ1) is 17.4. The highest BCUT2D eigenvalue weighted by Gasteiger charge is 2.45. The zero-order valence-electron chi connectivity index (χ0n) is 13.4. The summed E-state index contributed by atoms with van der Waals surface area (Å²) in [7, 11) is -3.45. The van der Waals surface area contributed by atoms with Gasteiger partial charge in [0.05, 0.1) is 11.6 Å². The van der Waals surface area contributed by atoms with Crippen LogP contribution < -0.4 is 16.0 Å². The summed E-state index contributed by atoms with van der Waals surface area (Å²) < 4.78 is 33.1. The third kappa shape index (κ3) is 2.87. The van der Waals surface area contributed by atoms with E-state index in [1.807, 2.05) is 0 Å². The Balaban J connectivity index is 1.57. The molecule has 0 bridgehead atoms. The van der Waals surface area contributed by atoms with Gasteiger partial charge in [-0.05, 0) is 12.8 Å². The molecule has 1 saturated heterocycles. The Kier molecular flexibility index (Phi) is 4.00. The Morgan fingerprint density at radius 2 is 2.12 bits per heavy atom. The van der Waals surface area contributed by atoms with E-state index in [0.717, 1.165) is 0 Å². The van der Waals surface area contributed by atoms with Crippen molar-refractivity contribution in [3.05, 3.63) is 16.7 Å². The Morgan fingerprint density at radius 1 is 1.38 bits per heavy atom. The Hall–Kier alpha value is -2.06. The fraction of sp³-hybridized carbons (Fsp3) is 0.615. The summed E-state index contributed by atoms with van der Waals surface area (Å²) in [5, 5.41) is 20.1. The van der Waals surface area contributed by atoms with Gasteiger partial charge in [0.15, 0.2) is 17.4 Å². The predicted octanol–water partition coefficient (Wildman–Crippen LogP) is -2.60. The molecule has 2 aliphatic rings. The fourth-order valence-electron chi connectivity index (χ4n) is 2.95. The summed E-state index contributed by atoms with van der Waals surface area (Å²) in [6, 6.07) is 0. The molecular weight excluding hydrogens is 368 g/mol. The number of sulfonamides is 1. The van der Waals surface area contributed by atoms with Crippen molar-refractivity contribution in [2.75, 3.05) is 12.3 Å². The van der Waals surface area contributed by atoms with Crippen molar-refractivity contribution in [2.24, 2.45) is 0 Å². The number of aliphatic hydroxyl groups excluding tert-OH is 2. The number of rotatable bonds is 5. The lowest BCUT2D eigenvalue weighted by Crippen LogP contribution is -2.40. The second kappa shape index (κ2) is 5.99. The molecule has 1 saturated carbocycles.